The number of nitrogens with one attached hydrogen (secondary N) is 1. The number of aliphatic hydroxyl groups is 2. The fourth-order valence-corrected chi connectivity index (χ4v) is 2.04. The molecule has 4 heteroatoms. The number of carbonyl (C=O) groups is 1. The van der Waals surface area contributed by atoms with Crippen LogP contribution in [0.4, 0.5) is 0 Å². The second kappa shape index (κ2) is 12.2. The van der Waals surface area contributed by atoms with Crippen LogP contribution in [0.3, 0.4) is 0 Å². The van der Waals surface area contributed by atoms with Gasteiger partial charge >= 0.3 is 0 Å². The Morgan fingerprint density at radius 1 is 1.25 bits per heavy atom. The topological polar surface area (TPSA) is 69.6 Å². The molecule has 1 amide bonds. The fourth-order valence-electron chi connectivity index (χ4n) is 2.04. The molecule has 0 saturated heterocycles. The summed E-state index contributed by atoms with van der Waals surface area (Å²) in [7, 11) is 0. The minimum atomic E-state index is -0.530. The summed E-state index contributed by atoms with van der Waals surface area (Å²) in [5.41, 5.74) is 0.750. The molecule has 24 heavy (non-hydrogen) atoms. The molecule has 0 saturated carbocycles. The third kappa shape index (κ3) is 7.86. The van der Waals surface area contributed by atoms with E-state index in [9.17, 15) is 15.0 Å². The van der Waals surface area contributed by atoms with E-state index < -0.39 is 11.7 Å². The van der Waals surface area contributed by atoms with Crippen molar-refractivity contribution in [1.82, 2.24) is 5.32 Å². The van der Waals surface area contributed by atoms with Crippen LogP contribution < -0.4 is 5.32 Å². The summed E-state index contributed by atoms with van der Waals surface area (Å²) in [6, 6.07) is -0.255. The molecule has 0 aliphatic rings. The van der Waals surface area contributed by atoms with Crippen molar-refractivity contribution in [2.45, 2.75) is 58.9 Å². The standard InChI is InChI=1S/C20H31NO3/c1-6-9-11-12-13-17(8-3)16(5)21-20(24)15(4)19(23)18(22)14-10-7-2/h8,10,13-14,16,22-23H,3-4,6-7,9,11-12H2,1-2,5H3,(H,21,24)/b14-10-,17-13-,19-18-. The van der Waals surface area contributed by atoms with Gasteiger partial charge in [0.1, 0.15) is 0 Å². The average molecular weight is 333 g/mol. The van der Waals surface area contributed by atoms with Gasteiger partial charge in [-0.05, 0) is 37.8 Å². The molecule has 3 N–H and O–H groups in total. The van der Waals surface area contributed by atoms with Crippen molar-refractivity contribution in [2.24, 2.45) is 0 Å². The summed E-state index contributed by atoms with van der Waals surface area (Å²) in [4.78, 5) is 12.2. The molecule has 0 aromatic heterocycles. The molecule has 0 rings (SSSR count). The Labute approximate surface area is 146 Å². The fraction of sp³-hybridized carbons (Fsp3) is 0.450. The van der Waals surface area contributed by atoms with Gasteiger partial charge in [-0.3, -0.25) is 4.79 Å². The second-order valence-electron chi connectivity index (χ2n) is 5.62. The third-order valence-corrected chi connectivity index (χ3v) is 3.58. The zero-order valence-electron chi connectivity index (χ0n) is 15.1. The smallest absolute Gasteiger partial charge is 0.255 e. The van der Waals surface area contributed by atoms with Crippen molar-refractivity contribution >= 4 is 5.91 Å². The van der Waals surface area contributed by atoms with Gasteiger partial charge in [-0.2, -0.15) is 0 Å². The van der Waals surface area contributed by atoms with Gasteiger partial charge in [0.25, 0.3) is 5.91 Å². The highest BCUT2D eigenvalue weighted by atomic mass is 16.3. The summed E-state index contributed by atoms with van der Waals surface area (Å²) >= 11 is 0. The van der Waals surface area contributed by atoms with Crippen LogP contribution in [0.25, 0.3) is 0 Å². The van der Waals surface area contributed by atoms with E-state index in [1.807, 2.05) is 13.8 Å². The highest BCUT2D eigenvalue weighted by Crippen LogP contribution is 2.13. The first-order valence-corrected chi connectivity index (χ1v) is 8.50. The van der Waals surface area contributed by atoms with E-state index in [2.05, 4.69) is 31.5 Å². The summed E-state index contributed by atoms with van der Waals surface area (Å²) in [6.45, 7) is 13.2. The highest BCUT2D eigenvalue weighted by Gasteiger charge is 2.17. The largest absolute Gasteiger partial charge is 0.504 e. The molecule has 0 aliphatic heterocycles. The summed E-state index contributed by atoms with van der Waals surface area (Å²) in [5.74, 6) is -1.42. The van der Waals surface area contributed by atoms with Crippen molar-refractivity contribution in [2.75, 3.05) is 0 Å². The highest BCUT2D eigenvalue weighted by molar-refractivity contribution is 5.97. The lowest BCUT2D eigenvalue weighted by atomic mass is 10.0. The van der Waals surface area contributed by atoms with E-state index >= 15 is 0 Å². The molecule has 1 atom stereocenters. The molecule has 0 fully saturated rings. The first-order valence-electron chi connectivity index (χ1n) is 8.50. The second-order valence-corrected chi connectivity index (χ2v) is 5.62. The van der Waals surface area contributed by atoms with Gasteiger partial charge in [-0.25, -0.2) is 0 Å². The Kier molecular flexibility index (Phi) is 11.1. The van der Waals surface area contributed by atoms with Crippen molar-refractivity contribution in [3.05, 3.63) is 60.1 Å². The predicted octanol–water partition coefficient (Wildman–Crippen LogP) is 5.03. The van der Waals surface area contributed by atoms with Crippen molar-refractivity contribution in [3.8, 4) is 0 Å². The van der Waals surface area contributed by atoms with E-state index in [1.54, 1.807) is 12.2 Å². The molecule has 0 aromatic rings. The number of hydrogen-bond donors (Lipinski definition) is 3. The number of carbonyl (C=O) groups excluding carboxylic acids is 1. The number of allylic oxidation sites excluding steroid dienone is 3. The zero-order valence-corrected chi connectivity index (χ0v) is 15.1. The van der Waals surface area contributed by atoms with Gasteiger partial charge in [0.2, 0.25) is 0 Å². The molecule has 4 nitrogen and oxygen atoms in total. The van der Waals surface area contributed by atoms with Crippen molar-refractivity contribution < 1.29 is 15.0 Å². The Balaban J connectivity index is 4.86. The zero-order chi connectivity index (χ0) is 18.5. The Morgan fingerprint density at radius 2 is 1.92 bits per heavy atom. The van der Waals surface area contributed by atoms with Gasteiger partial charge in [-0.15, -0.1) is 0 Å². The van der Waals surface area contributed by atoms with Crippen LogP contribution in [-0.2, 0) is 4.79 Å². The van der Waals surface area contributed by atoms with Gasteiger partial charge in [0.05, 0.1) is 11.6 Å². The SMILES string of the molecule is C=C/C(=C/CCCCC)C(C)NC(=O)C(=C)/C(O)=C(O)\C=C/CC. The lowest BCUT2D eigenvalue weighted by molar-refractivity contribution is -0.117. The van der Waals surface area contributed by atoms with Gasteiger partial charge in [-0.1, -0.05) is 58.1 Å². The average Bonchev–Trinajstić information content (AvgIpc) is 2.58. The lowest BCUT2D eigenvalue weighted by Gasteiger charge is -2.16. The summed E-state index contributed by atoms with van der Waals surface area (Å²) in [5, 5.41) is 22.3. The molecule has 0 spiro atoms. The summed E-state index contributed by atoms with van der Waals surface area (Å²) < 4.78 is 0. The van der Waals surface area contributed by atoms with E-state index in [-0.39, 0.29) is 17.4 Å². The van der Waals surface area contributed by atoms with E-state index in [0.29, 0.717) is 6.42 Å². The third-order valence-electron chi connectivity index (χ3n) is 3.58. The minimum absolute atomic E-state index is 0.172. The van der Waals surface area contributed by atoms with Crippen LogP contribution in [-0.4, -0.2) is 22.2 Å². The van der Waals surface area contributed by atoms with Crippen molar-refractivity contribution in [3.63, 3.8) is 0 Å². The van der Waals surface area contributed by atoms with E-state index in [0.717, 1.165) is 24.8 Å². The molecule has 1 unspecified atom stereocenters. The van der Waals surface area contributed by atoms with Crippen LogP contribution in [0.5, 0.6) is 0 Å². The molecular formula is C20H31NO3. The molecular weight excluding hydrogens is 302 g/mol. The Hall–Kier alpha value is -2.23. The van der Waals surface area contributed by atoms with Crippen LogP contribution in [0.1, 0.15) is 52.9 Å². The van der Waals surface area contributed by atoms with E-state index in [4.69, 9.17) is 0 Å². The molecule has 0 aromatic carbocycles. The molecule has 0 radical (unpaired) electrons. The Morgan fingerprint density at radius 3 is 2.46 bits per heavy atom. The number of unbranched alkanes of at least 4 members (excludes halogenated alkanes) is 3. The van der Waals surface area contributed by atoms with Crippen molar-refractivity contribution in [1.29, 1.82) is 0 Å². The first-order chi connectivity index (χ1) is 11.4. The lowest BCUT2D eigenvalue weighted by Crippen LogP contribution is -2.35. The van der Waals surface area contributed by atoms with Gasteiger partial charge < -0.3 is 15.5 Å². The van der Waals surface area contributed by atoms with Gasteiger partial charge in [0, 0.05) is 0 Å². The molecule has 0 aliphatic carbocycles. The Bertz CT molecular complexity index is 527. The number of amides is 1. The van der Waals surface area contributed by atoms with Crippen LogP contribution >= 0.6 is 0 Å². The minimum Gasteiger partial charge on any atom is -0.504 e. The first kappa shape index (κ1) is 21.8. The van der Waals surface area contributed by atoms with Crippen LogP contribution in [0, 0.1) is 0 Å². The monoisotopic (exact) mass is 333 g/mol. The quantitative estimate of drug-likeness (QED) is 0.215. The van der Waals surface area contributed by atoms with Gasteiger partial charge in [0.15, 0.2) is 11.5 Å². The van der Waals surface area contributed by atoms with E-state index in [1.165, 1.54) is 12.5 Å². The maximum absolute atomic E-state index is 12.2. The normalized spacial score (nSPS) is 14.2. The van der Waals surface area contributed by atoms with Crippen LogP contribution in [0.2, 0.25) is 0 Å². The molecule has 0 bridgehead atoms. The number of rotatable bonds is 11. The maximum Gasteiger partial charge on any atom is 0.255 e. The maximum atomic E-state index is 12.2. The predicted molar refractivity (Wildman–Crippen MR) is 101 cm³/mol. The molecule has 134 valence electrons. The number of aliphatic hydroxyl groups excluding tert-OH is 2. The van der Waals surface area contributed by atoms with Crippen LogP contribution in [0.15, 0.2) is 60.1 Å². The number of hydrogen-bond acceptors (Lipinski definition) is 3. The summed E-state index contributed by atoms with van der Waals surface area (Å²) in [6.07, 6.45) is 11.9. The molecule has 0 heterocycles.